The quantitative estimate of drug-likeness (QED) is 0.596. The van der Waals surface area contributed by atoms with E-state index in [-0.39, 0.29) is 23.8 Å². The van der Waals surface area contributed by atoms with Crippen molar-refractivity contribution < 1.29 is 13.9 Å². The van der Waals surface area contributed by atoms with Crippen LogP contribution in [0, 0.1) is 17.2 Å². The van der Waals surface area contributed by atoms with Gasteiger partial charge >= 0.3 is 6.08 Å². The van der Waals surface area contributed by atoms with Crippen LogP contribution >= 0.6 is 0 Å². The number of benzene rings is 2. The second-order valence-corrected chi connectivity index (χ2v) is 8.34. The van der Waals surface area contributed by atoms with Crippen molar-refractivity contribution in [1.29, 1.82) is 5.26 Å². The molecule has 3 saturated heterocycles. The standard InChI is InChI=1S/C25H24N4O3/c1-17-23(18-11-13-28(17)14-12-18)29(20-5-3-2-4-6-20)24(30)19-7-9-21(10-8-19)31-25-27-16-22(15-26)32-25/h2-10,16-18,23H,11-14H2,1H3/t17-,23-/m0/s1. The number of amides is 1. The van der Waals surface area contributed by atoms with Gasteiger partial charge in [-0.2, -0.15) is 10.2 Å². The van der Waals surface area contributed by atoms with Gasteiger partial charge in [0, 0.05) is 17.3 Å². The predicted molar refractivity (Wildman–Crippen MR) is 119 cm³/mol. The molecule has 1 aromatic heterocycles. The third-order valence-corrected chi connectivity index (χ3v) is 6.58. The number of aromatic nitrogens is 1. The van der Waals surface area contributed by atoms with Crippen LogP contribution in [-0.2, 0) is 0 Å². The van der Waals surface area contributed by atoms with Crippen LogP contribution in [0.25, 0.3) is 0 Å². The van der Waals surface area contributed by atoms with Crippen molar-refractivity contribution in [2.75, 3.05) is 18.0 Å². The summed E-state index contributed by atoms with van der Waals surface area (Å²) in [6.45, 7) is 4.46. The minimum absolute atomic E-state index is 0.00681. The molecule has 7 nitrogen and oxygen atoms in total. The molecule has 0 aliphatic carbocycles. The van der Waals surface area contributed by atoms with E-state index in [1.807, 2.05) is 41.3 Å². The Hall–Kier alpha value is -3.63. The maximum Gasteiger partial charge on any atom is 0.400 e. The average molecular weight is 428 g/mol. The highest BCUT2D eigenvalue weighted by Crippen LogP contribution is 2.38. The van der Waals surface area contributed by atoms with Gasteiger partial charge in [-0.15, -0.1) is 0 Å². The molecule has 3 fully saturated rings. The van der Waals surface area contributed by atoms with E-state index >= 15 is 0 Å². The largest absolute Gasteiger partial charge is 0.411 e. The highest BCUT2D eigenvalue weighted by atomic mass is 16.6. The number of anilines is 1. The maximum absolute atomic E-state index is 13.8. The third kappa shape index (κ3) is 3.74. The van der Waals surface area contributed by atoms with Crippen LogP contribution in [0.4, 0.5) is 5.69 Å². The van der Waals surface area contributed by atoms with Gasteiger partial charge in [0.25, 0.3) is 5.91 Å². The Morgan fingerprint density at radius 2 is 1.88 bits per heavy atom. The number of hydrogen-bond donors (Lipinski definition) is 0. The van der Waals surface area contributed by atoms with Crippen LogP contribution in [0.2, 0.25) is 0 Å². The van der Waals surface area contributed by atoms with Gasteiger partial charge in [0.1, 0.15) is 11.8 Å². The zero-order valence-electron chi connectivity index (χ0n) is 17.8. The summed E-state index contributed by atoms with van der Waals surface area (Å²) in [6, 6.07) is 19.2. The third-order valence-electron chi connectivity index (χ3n) is 6.58. The van der Waals surface area contributed by atoms with Crippen molar-refractivity contribution >= 4 is 11.6 Å². The number of piperidine rings is 3. The summed E-state index contributed by atoms with van der Waals surface area (Å²) in [4.78, 5) is 22.2. The SMILES string of the molecule is C[C@H]1[C@H](N(C(=O)c2ccc(Oc3ncc(C#N)o3)cc2)c2ccccc2)C2CCN1CC2. The summed E-state index contributed by atoms with van der Waals surface area (Å²) >= 11 is 0. The lowest BCUT2D eigenvalue weighted by atomic mass is 9.78. The summed E-state index contributed by atoms with van der Waals surface area (Å²) in [5, 5.41) is 8.84. The summed E-state index contributed by atoms with van der Waals surface area (Å²) in [7, 11) is 0. The van der Waals surface area contributed by atoms with Gasteiger partial charge in [0.2, 0.25) is 5.76 Å². The first-order valence-electron chi connectivity index (χ1n) is 10.9. The minimum Gasteiger partial charge on any atom is -0.411 e. The summed E-state index contributed by atoms with van der Waals surface area (Å²) in [5.41, 5.74) is 1.52. The van der Waals surface area contributed by atoms with E-state index in [2.05, 4.69) is 16.8 Å². The van der Waals surface area contributed by atoms with Crippen LogP contribution in [-0.4, -0.2) is 41.0 Å². The van der Waals surface area contributed by atoms with Crippen LogP contribution in [0.3, 0.4) is 0 Å². The second kappa shape index (κ2) is 8.48. The number of fused-ring (bicyclic) bond motifs is 3. The van der Waals surface area contributed by atoms with Gasteiger partial charge in [-0.1, -0.05) is 18.2 Å². The molecule has 0 N–H and O–H groups in total. The number of ether oxygens (including phenoxy) is 1. The number of hydrogen-bond acceptors (Lipinski definition) is 6. The first-order valence-corrected chi connectivity index (χ1v) is 10.9. The Labute approximate surface area is 186 Å². The van der Waals surface area contributed by atoms with E-state index in [0.29, 0.717) is 23.3 Å². The van der Waals surface area contributed by atoms with Crippen molar-refractivity contribution in [2.24, 2.45) is 5.92 Å². The topological polar surface area (TPSA) is 82.6 Å². The molecule has 1 amide bonds. The molecule has 0 unspecified atom stereocenters. The molecule has 7 heteroatoms. The number of nitrogens with zero attached hydrogens (tertiary/aromatic N) is 4. The first-order chi connectivity index (χ1) is 15.6. The average Bonchev–Trinajstić information content (AvgIpc) is 3.30. The highest BCUT2D eigenvalue weighted by Gasteiger charge is 2.44. The number of para-hydroxylation sites is 1. The molecule has 2 bridgehead atoms. The minimum atomic E-state index is -0.0174. The van der Waals surface area contributed by atoms with Gasteiger partial charge in [-0.3, -0.25) is 9.69 Å². The van der Waals surface area contributed by atoms with Crippen molar-refractivity contribution in [1.82, 2.24) is 9.88 Å². The molecule has 32 heavy (non-hydrogen) atoms. The summed E-state index contributed by atoms with van der Waals surface area (Å²) < 4.78 is 10.7. The molecule has 0 spiro atoms. The fourth-order valence-corrected chi connectivity index (χ4v) is 4.98. The Bertz CT molecular complexity index is 1130. The lowest BCUT2D eigenvalue weighted by molar-refractivity contribution is 0.0327. The van der Waals surface area contributed by atoms with Crippen LogP contribution < -0.4 is 9.64 Å². The zero-order chi connectivity index (χ0) is 22.1. The molecule has 6 rings (SSSR count). The Morgan fingerprint density at radius 3 is 2.50 bits per heavy atom. The number of oxazole rings is 1. The molecular weight excluding hydrogens is 404 g/mol. The molecule has 162 valence electrons. The maximum atomic E-state index is 13.8. The van der Waals surface area contributed by atoms with Gasteiger partial charge in [-0.25, -0.2) is 0 Å². The number of nitriles is 1. The number of rotatable bonds is 5. The van der Waals surface area contributed by atoms with Crippen LogP contribution in [0.15, 0.2) is 65.2 Å². The van der Waals surface area contributed by atoms with E-state index in [1.165, 1.54) is 6.20 Å². The normalized spacial score (nSPS) is 24.0. The molecule has 3 aliphatic rings. The predicted octanol–water partition coefficient (Wildman–Crippen LogP) is 4.47. The molecule has 2 aromatic carbocycles. The molecule has 2 atom stereocenters. The lowest BCUT2D eigenvalue weighted by Gasteiger charge is -2.53. The molecule has 0 radical (unpaired) electrons. The van der Waals surface area contributed by atoms with Gasteiger partial charge in [-0.05, 0) is 75.2 Å². The Kier molecular flexibility index (Phi) is 5.38. The van der Waals surface area contributed by atoms with E-state index in [0.717, 1.165) is 31.6 Å². The van der Waals surface area contributed by atoms with Gasteiger partial charge in [0.05, 0.1) is 12.2 Å². The molecule has 0 saturated carbocycles. The van der Waals surface area contributed by atoms with E-state index in [9.17, 15) is 4.79 Å². The zero-order valence-corrected chi connectivity index (χ0v) is 17.8. The number of carbonyl (C=O) groups excluding carboxylic acids is 1. The van der Waals surface area contributed by atoms with Crippen molar-refractivity contribution in [3.05, 3.63) is 72.1 Å². The van der Waals surface area contributed by atoms with Crippen molar-refractivity contribution in [3.8, 4) is 17.9 Å². The van der Waals surface area contributed by atoms with Gasteiger partial charge in [0.15, 0.2) is 0 Å². The first kappa shape index (κ1) is 20.3. The molecule has 4 heterocycles. The van der Waals surface area contributed by atoms with Crippen molar-refractivity contribution in [2.45, 2.75) is 31.8 Å². The van der Waals surface area contributed by atoms with Crippen LogP contribution in [0.1, 0.15) is 35.9 Å². The van der Waals surface area contributed by atoms with Crippen LogP contribution in [0.5, 0.6) is 11.8 Å². The monoisotopic (exact) mass is 428 g/mol. The second-order valence-electron chi connectivity index (χ2n) is 8.34. The summed E-state index contributed by atoms with van der Waals surface area (Å²) in [5.74, 6) is 1.05. The van der Waals surface area contributed by atoms with Gasteiger partial charge < -0.3 is 14.1 Å². The van der Waals surface area contributed by atoms with E-state index in [4.69, 9.17) is 14.4 Å². The molecule has 3 aromatic rings. The fraction of sp³-hybridized carbons (Fsp3) is 0.320. The van der Waals surface area contributed by atoms with Crippen molar-refractivity contribution in [3.63, 3.8) is 0 Å². The fourth-order valence-electron chi connectivity index (χ4n) is 4.98. The Balaban J connectivity index is 1.42. The Morgan fingerprint density at radius 1 is 1.16 bits per heavy atom. The smallest absolute Gasteiger partial charge is 0.400 e. The highest BCUT2D eigenvalue weighted by molar-refractivity contribution is 6.06. The lowest BCUT2D eigenvalue weighted by Crippen LogP contribution is -2.63. The summed E-state index contributed by atoms with van der Waals surface area (Å²) in [6.07, 6.45) is 3.55. The van der Waals surface area contributed by atoms with E-state index < -0.39 is 0 Å². The number of carbonyl (C=O) groups is 1. The molecular formula is C25H24N4O3. The van der Waals surface area contributed by atoms with E-state index in [1.54, 1.807) is 24.3 Å². The molecule has 3 aliphatic heterocycles.